The van der Waals surface area contributed by atoms with Crippen LogP contribution >= 0.6 is 0 Å². The van der Waals surface area contributed by atoms with Gasteiger partial charge in [-0.15, -0.1) is 0 Å². The highest BCUT2D eigenvalue weighted by molar-refractivity contribution is 6.20. The number of carbonyl (C=O) groups is 2. The van der Waals surface area contributed by atoms with Crippen LogP contribution in [0, 0.1) is 0 Å². The molecule has 0 radical (unpaired) electrons. The zero-order chi connectivity index (χ0) is 18.3. The van der Waals surface area contributed by atoms with Crippen molar-refractivity contribution in [2.75, 3.05) is 0 Å². The fourth-order valence-corrected chi connectivity index (χ4v) is 3.27. The molecule has 0 saturated heterocycles. The van der Waals surface area contributed by atoms with Crippen LogP contribution in [0.15, 0.2) is 83.1 Å². The second kappa shape index (κ2) is 6.04. The van der Waals surface area contributed by atoms with Crippen LogP contribution in [0.3, 0.4) is 0 Å². The van der Waals surface area contributed by atoms with Crippen molar-refractivity contribution in [2.45, 2.75) is 6.92 Å². The summed E-state index contributed by atoms with van der Waals surface area (Å²) in [6, 6.07) is 18.4. The highest BCUT2D eigenvalue weighted by atomic mass is 16.3. The molecular formula is C21H16N2O3. The molecule has 5 heteroatoms. The van der Waals surface area contributed by atoms with E-state index >= 15 is 0 Å². The van der Waals surface area contributed by atoms with E-state index in [1.807, 2.05) is 48.5 Å². The lowest BCUT2D eigenvalue weighted by Crippen LogP contribution is -2.21. The lowest BCUT2D eigenvalue weighted by atomic mass is 9.98. The van der Waals surface area contributed by atoms with E-state index in [2.05, 4.69) is 10.6 Å². The summed E-state index contributed by atoms with van der Waals surface area (Å²) < 4.78 is 0. The van der Waals surface area contributed by atoms with Crippen molar-refractivity contribution in [3.8, 4) is 0 Å². The van der Waals surface area contributed by atoms with Gasteiger partial charge in [-0.05, 0) is 18.1 Å². The fraction of sp³-hybridized carbons (Fsp3) is 0.0476. The van der Waals surface area contributed by atoms with E-state index in [9.17, 15) is 14.7 Å². The molecule has 2 aliphatic rings. The van der Waals surface area contributed by atoms with E-state index in [0.717, 1.165) is 5.56 Å². The van der Waals surface area contributed by atoms with Gasteiger partial charge in [0.2, 0.25) is 0 Å². The second-order valence-corrected chi connectivity index (χ2v) is 6.11. The Morgan fingerprint density at radius 3 is 1.73 bits per heavy atom. The molecular weight excluding hydrogens is 328 g/mol. The SMILES string of the molecule is CC1=C(c2ccccc2)NC(=O)/C1=C1/C(=O)NC(c2ccccc2)=C1O. The highest BCUT2D eigenvalue weighted by Gasteiger charge is 2.37. The van der Waals surface area contributed by atoms with E-state index in [1.54, 1.807) is 19.1 Å². The van der Waals surface area contributed by atoms with E-state index < -0.39 is 11.8 Å². The fourth-order valence-electron chi connectivity index (χ4n) is 3.27. The molecule has 0 unspecified atom stereocenters. The molecule has 2 aromatic carbocycles. The van der Waals surface area contributed by atoms with Gasteiger partial charge in [-0.2, -0.15) is 0 Å². The Kier molecular flexibility index (Phi) is 3.69. The smallest absolute Gasteiger partial charge is 0.260 e. The topological polar surface area (TPSA) is 78.4 Å². The van der Waals surface area contributed by atoms with Crippen LogP contribution in [0.2, 0.25) is 0 Å². The third-order valence-corrected chi connectivity index (χ3v) is 4.53. The van der Waals surface area contributed by atoms with Gasteiger partial charge in [0.1, 0.15) is 0 Å². The van der Waals surface area contributed by atoms with Gasteiger partial charge in [0.05, 0.1) is 22.5 Å². The van der Waals surface area contributed by atoms with Crippen LogP contribution < -0.4 is 10.6 Å². The van der Waals surface area contributed by atoms with Gasteiger partial charge in [0.25, 0.3) is 11.8 Å². The summed E-state index contributed by atoms with van der Waals surface area (Å²) in [5.41, 5.74) is 3.32. The van der Waals surface area contributed by atoms with E-state index in [0.29, 0.717) is 22.5 Å². The Morgan fingerprint density at radius 2 is 1.15 bits per heavy atom. The maximum Gasteiger partial charge on any atom is 0.260 e. The van der Waals surface area contributed by atoms with Crippen molar-refractivity contribution in [1.82, 2.24) is 10.6 Å². The third kappa shape index (κ3) is 2.41. The first-order chi connectivity index (χ1) is 12.6. The lowest BCUT2D eigenvalue weighted by Gasteiger charge is -2.03. The van der Waals surface area contributed by atoms with Crippen LogP contribution in [-0.4, -0.2) is 16.9 Å². The summed E-state index contributed by atoms with van der Waals surface area (Å²) in [4.78, 5) is 25.1. The Labute approximate surface area is 150 Å². The molecule has 2 aromatic rings. The van der Waals surface area contributed by atoms with Crippen LogP contribution in [-0.2, 0) is 9.59 Å². The number of aliphatic hydroxyl groups excluding tert-OH is 1. The van der Waals surface area contributed by atoms with E-state index in [-0.39, 0.29) is 16.9 Å². The average Bonchev–Trinajstić information content (AvgIpc) is 3.12. The molecule has 2 heterocycles. The zero-order valence-electron chi connectivity index (χ0n) is 14.0. The van der Waals surface area contributed by atoms with Crippen molar-refractivity contribution in [3.05, 3.63) is 94.3 Å². The number of hydrogen-bond donors (Lipinski definition) is 3. The summed E-state index contributed by atoms with van der Waals surface area (Å²) in [6.07, 6.45) is 0. The highest BCUT2D eigenvalue weighted by Crippen LogP contribution is 2.35. The Balaban J connectivity index is 1.88. The molecule has 2 aliphatic heterocycles. The molecule has 0 aromatic heterocycles. The second-order valence-electron chi connectivity index (χ2n) is 6.11. The Bertz CT molecular complexity index is 932. The van der Waals surface area contributed by atoms with Crippen LogP contribution in [0.5, 0.6) is 0 Å². The largest absolute Gasteiger partial charge is 0.505 e. The van der Waals surface area contributed by atoms with Crippen LogP contribution in [0.4, 0.5) is 0 Å². The minimum atomic E-state index is -0.486. The average molecular weight is 344 g/mol. The number of aliphatic hydroxyl groups is 1. The van der Waals surface area contributed by atoms with Gasteiger partial charge in [0.15, 0.2) is 5.76 Å². The normalized spacial score (nSPS) is 19.9. The molecule has 0 bridgehead atoms. The summed E-state index contributed by atoms with van der Waals surface area (Å²) in [5.74, 6) is -1.09. The predicted molar refractivity (Wildman–Crippen MR) is 98.3 cm³/mol. The van der Waals surface area contributed by atoms with E-state index in [4.69, 9.17) is 0 Å². The molecule has 0 fully saturated rings. The van der Waals surface area contributed by atoms with Gasteiger partial charge in [-0.3, -0.25) is 9.59 Å². The van der Waals surface area contributed by atoms with Crippen molar-refractivity contribution < 1.29 is 14.7 Å². The first-order valence-corrected chi connectivity index (χ1v) is 8.20. The summed E-state index contributed by atoms with van der Waals surface area (Å²) >= 11 is 0. The molecule has 0 aliphatic carbocycles. The quantitative estimate of drug-likeness (QED) is 0.733. The standard InChI is InChI=1S/C21H16N2O3/c1-12-15(20(25)22-17(12)13-8-4-2-5-9-13)16-19(24)18(23-21(16)26)14-10-6-3-7-11-14/h2-11,24H,1H3,(H,22,25)(H,23,26)/b16-15+. The number of rotatable bonds is 2. The van der Waals surface area contributed by atoms with Crippen molar-refractivity contribution in [2.24, 2.45) is 0 Å². The Morgan fingerprint density at radius 1 is 0.692 bits per heavy atom. The summed E-state index contributed by atoms with van der Waals surface area (Å²) in [5, 5.41) is 16.1. The number of nitrogens with one attached hydrogen (secondary N) is 2. The first kappa shape index (κ1) is 15.9. The summed E-state index contributed by atoms with van der Waals surface area (Å²) in [7, 11) is 0. The number of hydrogen-bond acceptors (Lipinski definition) is 3. The van der Waals surface area contributed by atoms with Crippen LogP contribution in [0.1, 0.15) is 18.1 Å². The molecule has 4 rings (SSSR count). The first-order valence-electron chi connectivity index (χ1n) is 8.20. The molecule has 0 atom stereocenters. The van der Waals surface area contributed by atoms with Crippen molar-refractivity contribution in [3.63, 3.8) is 0 Å². The van der Waals surface area contributed by atoms with Gasteiger partial charge >= 0.3 is 0 Å². The maximum absolute atomic E-state index is 12.6. The molecule has 5 nitrogen and oxygen atoms in total. The third-order valence-electron chi connectivity index (χ3n) is 4.53. The zero-order valence-corrected chi connectivity index (χ0v) is 14.0. The van der Waals surface area contributed by atoms with Gasteiger partial charge in [-0.25, -0.2) is 0 Å². The summed E-state index contributed by atoms with van der Waals surface area (Å²) in [6.45, 7) is 1.77. The number of benzene rings is 2. The van der Waals surface area contributed by atoms with Crippen molar-refractivity contribution in [1.29, 1.82) is 0 Å². The molecule has 128 valence electrons. The number of amides is 2. The van der Waals surface area contributed by atoms with Gasteiger partial charge < -0.3 is 15.7 Å². The molecule has 2 amide bonds. The molecule has 3 N–H and O–H groups in total. The minimum absolute atomic E-state index is 0.00443. The predicted octanol–water partition coefficient (Wildman–Crippen LogP) is 2.90. The van der Waals surface area contributed by atoms with E-state index in [1.165, 1.54) is 0 Å². The number of carbonyl (C=O) groups excluding carboxylic acids is 2. The van der Waals surface area contributed by atoms with Gasteiger partial charge in [0, 0.05) is 5.56 Å². The molecule has 26 heavy (non-hydrogen) atoms. The maximum atomic E-state index is 12.6. The monoisotopic (exact) mass is 344 g/mol. The molecule has 0 saturated carbocycles. The van der Waals surface area contributed by atoms with Crippen molar-refractivity contribution >= 4 is 23.2 Å². The lowest BCUT2D eigenvalue weighted by molar-refractivity contribution is -0.118. The Hall–Kier alpha value is -3.60. The van der Waals surface area contributed by atoms with Crippen LogP contribution in [0.25, 0.3) is 11.4 Å². The minimum Gasteiger partial charge on any atom is -0.505 e. The molecule has 0 spiro atoms. The van der Waals surface area contributed by atoms with Gasteiger partial charge in [-0.1, -0.05) is 60.7 Å².